The Hall–Kier alpha value is -7.70. The van der Waals surface area contributed by atoms with E-state index < -0.39 is 0 Å². The summed E-state index contributed by atoms with van der Waals surface area (Å²) in [6, 6.07) is 27.2. The van der Waals surface area contributed by atoms with E-state index in [4.69, 9.17) is 19.9 Å². The highest BCUT2D eigenvalue weighted by atomic mass is 15.0. The van der Waals surface area contributed by atoms with E-state index in [0.29, 0.717) is 0 Å². The number of allylic oxidation sites excluding steroid dienone is 21. The molecule has 6 aliphatic carbocycles. The Morgan fingerprint density at radius 2 is 1.12 bits per heavy atom. The first-order valence-corrected chi connectivity index (χ1v) is 24.7. The summed E-state index contributed by atoms with van der Waals surface area (Å²) in [6.07, 6.45) is 49.7. The summed E-state index contributed by atoms with van der Waals surface area (Å²) in [6.45, 7) is 0. The molecular weight excluding hydrogens is 829 g/mol. The molecule has 330 valence electrons. The van der Waals surface area contributed by atoms with Crippen LogP contribution in [0.1, 0.15) is 110 Å². The van der Waals surface area contributed by atoms with Crippen LogP contribution in [-0.2, 0) is 6.42 Å². The Labute approximate surface area is 397 Å². The van der Waals surface area contributed by atoms with Crippen molar-refractivity contribution in [1.29, 1.82) is 0 Å². The third-order valence-electron chi connectivity index (χ3n) is 14.5. The number of fused-ring (bicyclic) bond motifs is 6. The summed E-state index contributed by atoms with van der Waals surface area (Å²) in [5.74, 6) is 1.57. The molecule has 4 aromatic heterocycles. The molecule has 0 N–H and O–H groups in total. The predicted molar refractivity (Wildman–Crippen MR) is 283 cm³/mol. The van der Waals surface area contributed by atoms with Gasteiger partial charge in [0.1, 0.15) is 0 Å². The maximum atomic E-state index is 5.22. The standard InChI is InChI=1S/C62H52N6/c1-5-17-41(18-6-1)53-39-54(42-19-7-2-8-20-42)64-61(63-53)45-29-33-47(34-30-45)67-57-27-15-13-25-49(57)51-38-60-52(37-59(51)67)50-26-14-16-28-58(50)68(60)48-35-31-46(32-36-48)62-65-55(43-21-9-3-10-22-43)40-56(66-62)44-23-11-4-12-24-44/h1,3,5,7,9,11,13-15,17,19-21,23-27,29-35,37-40,48H,2,4,6,8,10,12,16,18,22,28,36H2. The lowest BCUT2D eigenvalue weighted by Gasteiger charge is -2.23. The molecule has 7 aromatic rings. The number of para-hydroxylation sites is 1. The lowest BCUT2D eigenvalue weighted by atomic mass is 9.97. The van der Waals surface area contributed by atoms with Crippen LogP contribution >= 0.6 is 0 Å². The Balaban J connectivity index is 0.880. The summed E-state index contributed by atoms with van der Waals surface area (Å²) in [7, 11) is 0. The van der Waals surface area contributed by atoms with Crippen LogP contribution in [0.4, 0.5) is 0 Å². The molecule has 0 saturated carbocycles. The first kappa shape index (κ1) is 40.6. The molecular formula is C62H52N6. The van der Waals surface area contributed by atoms with E-state index >= 15 is 0 Å². The van der Waals surface area contributed by atoms with Gasteiger partial charge in [-0.1, -0.05) is 121 Å². The van der Waals surface area contributed by atoms with Crippen LogP contribution in [0.15, 0.2) is 170 Å². The number of hydrogen-bond donors (Lipinski definition) is 0. The van der Waals surface area contributed by atoms with Crippen molar-refractivity contribution in [2.75, 3.05) is 0 Å². The van der Waals surface area contributed by atoms with Crippen molar-refractivity contribution < 1.29 is 0 Å². The third kappa shape index (κ3) is 7.27. The van der Waals surface area contributed by atoms with Gasteiger partial charge >= 0.3 is 0 Å². The van der Waals surface area contributed by atoms with Gasteiger partial charge < -0.3 is 9.13 Å². The number of benzene rings is 3. The molecule has 3 aromatic carbocycles. The first-order valence-electron chi connectivity index (χ1n) is 24.7. The molecule has 0 saturated heterocycles. The lowest BCUT2D eigenvalue weighted by molar-refractivity contribution is 0.599. The number of rotatable bonds is 8. The van der Waals surface area contributed by atoms with Crippen LogP contribution in [0.2, 0.25) is 0 Å². The molecule has 0 bridgehead atoms. The van der Waals surface area contributed by atoms with E-state index in [1.165, 1.54) is 66.3 Å². The summed E-state index contributed by atoms with van der Waals surface area (Å²) in [5.41, 5.74) is 18.6. The monoisotopic (exact) mass is 880 g/mol. The lowest BCUT2D eigenvalue weighted by Crippen LogP contribution is -2.13. The Morgan fingerprint density at radius 1 is 0.471 bits per heavy atom. The van der Waals surface area contributed by atoms with Crippen molar-refractivity contribution in [2.24, 2.45) is 0 Å². The van der Waals surface area contributed by atoms with Gasteiger partial charge in [0, 0.05) is 44.2 Å². The number of aromatic nitrogens is 6. The molecule has 1 atom stereocenters. The zero-order chi connectivity index (χ0) is 45.0. The quantitative estimate of drug-likeness (QED) is 0.153. The van der Waals surface area contributed by atoms with E-state index in [1.54, 1.807) is 0 Å². The average Bonchev–Trinajstić information content (AvgIpc) is 3.93. The zero-order valence-corrected chi connectivity index (χ0v) is 38.3. The van der Waals surface area contributed by atoms with Gasteiger partial charge in [0.25, 0.3) is 0 Å². The molecule has 1 unspecified atom stereocenters. The molecule has 0 spiro atoms. The van der Waals surface area contributed by atoms with Gasteiger partial charge in [-0.15, -0.1) is 0 Å². The molecule has 0 aliphatic heterocycles. The van der Waals surface area contributed by atoms with Crippen molar-refractivity contribution in [3.8, 4) is 17.1 Å². The fourth-order valence-electron chi connectivity index (χ4n) is 11.1. The fourth-order valence-corrected chi connectivity index (χ4v) is 11.1. The normalized spacial score (nSPS) is 18.8. The SMILES string of the molecule is C1=CCCC(c2cc(C3=CCCC=C3)nc(C3=CCC(n4c5c(c6cc7c(cc64)c4ccccc4n7-c4ccc(-c6nc(C7=CCCC=C7)cc(C7=CC=CCC7)n6)cc4)C=CCC5)C=C3)n2)=C1. The van der Waals surface area contributed by atoms with Gasteiger partial charge in [-0.2, -0.15) is 0 Å². The highest BCUT2D eigenvalue weighted by molar-refractivity contribution is 6.14. The maximum absolute atomic E-state index is 5.22. The summed E-state index contributed by atoms with van der Waals surface area (Å²) < 4.78 is 5.08. The van der Waals surface area contributed by atoms with E-state index in [-0.39, 0.29) is 6.04 Å². The second-order valence-corrected chi connectivity index (χ2v) is 18.8. The van der Waals surface area contributed by atoms with Gasteiger partial charge in [0.2, 0.25) is 0 Å². The van der Waals surface area contributed by atoms with E-state index in [0.717, 1.165) is 122 Å². The minimum absolute atomic E-state index is 0.171. The van der Waals surface area contributed by atoms with Gasteiger partial charge in [0.05, 0.1) is 45.4 Å². The molecule has 6 heteroatoms. The summed E-state index contributed by atoms with van der Waals surface area (Å²) in [5, 5.41) is 3.81. The molecule has 6 aliphatic rings. The summed E-state index contributed by atoms with van der Waals surface area (Å²) in [4.78, 5) is 20.8. The number of hydrogen-bond acceptors (Lipinski definition) is 4. The maximum Gasteiger partial charge on any atom is 0.160 e. The van der Waals surface area contributed by atoms with E-state index in [1.807, 2.05) is 0 Å². The van der Waals surface area contributed by atoms with Crippen molar-refractivity contribution in [3.05, 3.63) is 210 Å². The topological polar surface area (TPSA) is 61.4 Å². The molecule has 0 fully saturated rings. The van der Waals surface area contributed by atoms with Crippen LogP contribution in [-0.4, -0.2) is 29.1 Å². The van der Waals surface area contributed by atoms with Crippen molar-refractivity contribution in [3.63, 3.8) is 0 Å². The van der Waals surface area contributed by atoms with Crippen molar-refractivity contribution in [2.45, 2.75) is 76.7 Å². The van der Waals surface area contributed by atoms with Crippen molar-refractivity contribution >= 4 is 66.7 Å². The van der Waals surface area contributed by atoms with Crippen LogP contribution in [0, 0.1) is 0 Å². The smallest absolute Gasteiger partial charge is 0.160 e. The van der Waals surface area contributed by atoms with Crippen LogP contribution in [0.25, 0.3) is 83.7 Å². The highest BCUT2D eigenvalue weighted by Crippen LogP contribution is 2.43. The Kier molecular flexibility index (Phi) is 10.3. The second kappa shape index (κ2) is 17.2. The van der Waals surface area contributed by atoms with Crippen LogP contribution in [0.5, 0.6) is 0 Å². The molecule has 68 heavy (non-hydrogen) atoms. The highest BCUT2D eigenvalue weighted by Gasteiger charge is 2.26. The molecule has 6 nitrogen and oxygen atoms in total. The Bertz CT molecular complexity index is 3580. The second-order valence-electron chi connectivity index (χ2n) is 18.8. The zero-order valence-electron chi connectivity index (χ0n) is 38.3. The van der Waals surface area contributed by atoms with Crippen molar-refractivity contribution in [1.82, 2.24) is 29.1 Å². The Morgan fingerprint density at radius 3 is 1.78 bits per heavy atom. The largest absolute Gasteiger partial charge is 0.337 e. The molecule has 0 radical (unpaired) electrons. The van der Waals surface area contributed by atoms with Crippen LogP contribution < -0.4 is 0 Å². The molecule has 0 amide bonds. The number of nitrogens with zero attached hydrogens (tertiary/aromatic N) is 6. The molecule has 4 heterocycles. The van der Waals surface area contributed by atoms with Gasteiger partial charge in [0.15, 0.2) is 11.6 Å². The first-order chi connectivity index (χ1) is 33.7. The minimum atomic E-state index is 0.171. The van der Waals surface area contributed by atoms with Gasteiger partial charge in [-0.25, -0.2) is 19.9 Å². The van der Waals surface area contributed by atoms with Gasteiger partial charge in [-0.05, 0) is 148 Å². The molecule has 13 rings (SSSR count). The van der Waals surface area contributed by atoms with Gasteiger partial charge in [-0.3, -0.25) is 0 Å². The third-order valence-corrected chi connectivity index (χ3v) is 14.5. The van der Waals surface area contributed by atoms with E-state index in [2.05, 4.69) is 185 Å². The van der Waals surface area contributed by atoms with Crippen LogP contribution in [0.3, 0.4) is 0 Å². The fraction of sp³-hybridized carbons (Fsp3) is 0.194. The predicted octanol–water partition coefficient (Wildman–Crippen LogP) is 15.5. The van der Waals surface area contributed by atoms with E-state index in [9.17, 15) is 0 Å². The summed E-state index contributed by atoms with van der Waals surface area (Å²) >= 11 is 0. The minimum Gasteiger partial charge on any atom is -0.337 e. The average molecular weight is 881 g/mol.